The average Bonchev–Trinajstić information content (AvgIpc) is 1.86. The van der Waals surface area contributed by atoms with Gasteiger partial charge in [0.2, 0.25) is 0 Å². The number of carboxylic acid groups (broad SMARTS) is 1. The van der Waals surface area contributed by atoms with Crippen molar-refractivity contribution in [2.24, 2.45) is 11.8 Å². The maximum atomic E-state index is 10.5. The lowest BCUT2D eigenvalue weighted by molar-refractivity contribution is -0.143. The van der Waals surface area contributed by atoms with E-state index in [2.05, 4.69) is 0 Å². The highest BCUT2D eigenvalue weighted by atomic mass is 16.4. The summed E-state index contributed by atoms with van der Waals surface area (Å²) >= 11 is 0. The Morgan fingerprint density at radius 1 is 1.55 bits per heavy atom. The molecule has 0 radical (unpaired) electrons. The van der Waals surface area contributed by atoms with Crippen LogP contribution >= 0.6 is 0 Å². The first-order chi connectivity index (χ1) is 5.07. The van der Waals surface area contributed by atoms with E-state index >= 15 is 0 Å². The van der Waals surface area contributed by atoms with Gasteiger partial charge in [-0.1, -0.05) is 13.8 Å². The third kappa shape index (κ3) is 4.53. The van der Waals surface area contributed by atoms with Crippen LogP contribution in [0.5, 0.6) is 0 Å². The van der Waals surface area contributed by atoms with Crippen molar-refractivity contribution in [1.29, 1.82) is 0 Å². The fourth-order valence-corrected chi connectivity index (χ4v) is 0.983. The van der Waals surface area contributed by atoms with Crippen LogP contribution in [0.2, 0.25) is 0 Å². The average molecular weight is 158 g/mol. The van der Waals surface area contributed by atoms with Crippen LogP contribution in [0.1, 0.15) is 26.7 Å². The third-order valence-electron chi connectivity index (χ3n) is 1.49. The molecule has 0 saturated carbocycles. The first-order valence-corrected chi connectivity index (χ1v) is 3.74. The highest BCUT2D eigenvalue weighted by Crippen LogP contribution is 2.14. The summed E-state index contributed by atoms with van der Waals surface area (Å²) in [5.41, 5.74) is 0. The van der Waals surface area contributed by atoms with E-state index in [0.717, 1.165) is 0 Å². The van der Waals surface area contributed by atoms with E-state index in [-0.39, 0.29) is 6.42 Å². The van der Waals surface area contributed by atoms with Gasteiger partial charge >= 0.3 is 5.97 Å². The lowest BCUT2D eigenvalue weighted by atomic mass is 9.95. The lowest BCUT2D eigenvalue weighted by Crippen LogP contribution is -2.16. The topological polar surface area (TPSA) is 54.4 Å². The van der Waals surface area contributed by atoms with E-state index < -0.39 is 11.9 Å². The number of carbonyl (C=O) groups is 2. The first kappa shape index (κ1) is 10.1. The van der Waals surface area contributed by atoms with Crippen LogP contribution < -0.4 is 0 Å². The van der Waals surface area contributed by atoms with Crippen LogP contribution in [0.3, 0.4) is 0 Å². The smallest absolute Gasteiger partial charge is 0.306 e. The van der Waals surface area contributed by atoms with E-state index in [1.54, 1.807) is 0 Å². The van der Waals surface area contributed by atoms with Gasteiger partial charge in [-0.25, -0.2) is 0 Å². The van der Waals surface area contributed by atoms with Gasteiger partial charge in [-0.05, 0) is 12.3 Å². The molecule has 3 heteroatoms. The molecular formula is C8H14O3. The van der Waals surface area contributed by atoms with Crippen molar-refractivity contribution in [2.75, 3.05) is 0 Å². The molecule has 11 heavy (non-hydrogen) atoms. The Kier molecular flexibility index (Phi) is 4.50. The molecular weight excluding hydrogens is 144 g/mol. The largest absolute Gasteiger partial charge is 0.481 e. The van der Waals surface area contributed by atoms with Gasteiger partial charge in [0, 0.05) is 6.42 Å². The quantitative estimate of drug-likeness (QED) is 0.614. The molecule has 64 valence electrons. The predicted molar refractivity (Wildman–Crippen MR) is 41.3 cm³/mol. The molecule has 0 heterocycles. The Labute approximate surface area is 66.4 Å². The zero-order valence-electron chi connectivity index (χ0n) is 6.91. The Hall–Kier alpha value is -0.860. The molecule has 1 N–H and O–H groups in total. The van der Waals surface area contributed by atoms with Crippen LogP contribution in [0.4, 0.5) is 0 Å². The van der Waals surface area contributed by atoms with Crippen molar-refractivity contribution in [3.05, 3.63) is 0 Å². The summed E-state index contributed by atoms with van der Waals surface area (Å²) in [5.74, 6) is -1.03. The van der Waals surface area contributed by atoms with E-state index in [9.17, 15) is 9.59 Å². The number of carboxylic acids is 1. The maximum Gasteiger partial charge on any atom is 0.306 e. The van der Waals surface area contributed by atoms with Gasteiger partial charge in [-0.15, -0.1) is 0 Å². The summed E-state index contributed by atoms with van der Waals surface area (Å²) in [6.07, 6.45) is 1.38. The Morgan fingerprint density at radius 2 is 2.09 bits per heavy atom. The van der Waals surface area contributed by atoms with E-state index in [4.69, 9.17) is 5.11 Å². The normalized spacial score (nSPS) is 13.0. The number of hydrogen-bond acceptors (Lipinski definition) is 2. The minimum absolute atomic E-state index is 0.132. The molecule has 3 nitrogen and oxygen atoms in total. The van der Waals surface area contributed by atoms with E-state index in [1.165, 1.54) is 0 Å². The molecule has 1 unspecified atom stereocenters. The number of aldehydes is 1. The van der Waals surface area contributed by atoms with Crippen LogP contribution in [-0.4, -0.2) is 17.4 Å². The molecule has 0 aliphatic heterocycles. The maximum absolute atomic E-state index is 10.5. The van der Waals surface area contributed by atoms with Gasteiger partial charge in [0.15, 0.2) is 0 Å². The van der Waals surface area contributed by atoms with Crippen LogP contribution in [0.15, 0.2) is 0 Å². The minimum Gasteiger partial charge on any atom is -0.481 e. The highest BCUT2D eigenvalue weighted by Gasteiger charge is 2.17. The highest BCUT2D eigenvalue weighted by molar-refractivity contribution is 5.73. The summed E-state index contributed by atoms with van der Waals surface area (Å²) in [6.45, 7) is 3.89. The number of hydrogen-bond donors (Lipinski definition) is 1. The van der Waals surface area contributed by atoms with Crippen LogP contribution in [-0.2, 0) is 9.59 Å². The molecule has 0 rings (SSSR count). The number of aliphatic carboxylic acids is 1. The molecule has 0 fully saturated rings. The molecule has 1 atom stereocenters. The fraction of sp³-hybridized carbons (Fsp3) is 0.750. The monoisotopic (exact) mass is 158 g/mol. The summed E-state index contributed by atoms with van der Waals surface area (Å²) in [5, 5.41) is 8.59. The second-order valence-electron chi connectivity index (χ2n) is 3.07. The minimum atomic E-state index is -0.870. The SMILES string of the molecule is CC(C)CC(CC=O)C(=O)O. The Morgan fingerprint density at radius 3 is 2.36 bits per heavy atom. The Bertz CT molecular complexity index is 140. The van der Waals surface area contributed by atoms with Crippen molar-refractivity contribution >= 4 is 12.3 Å². The van der Waals surface area contributed by atoms with E-state index in [0.29, 0.717) is 18.6 Å². The molecule has 0 saturated heterocycles. The van der Waals surface area contributed by atoms with Gasteiger partial charge in [0.1, 0.15) is 6.29 Å². The van der Waals surface area contributed by atoms with Gasteiger partial charge in [-0.3, -0.25) is 4.79 Å². The van der Waals surface area contributed by atoms with Crippen molar-refractivity contribution in [1.82, 2.24) is 0 Å². The number of carbonyl (C=O) groups excluding carboxylic acids is 1. The predicted octanol–water partition coefficient (Wildman–Crippen LogP) is 1.32. The lowest BCUT2D eigenvalue weighted by Gasteiger charge is -2.10. The summed E-state index contributed by atoms with van der Waals surface area (Å²) in [4.78, 5) is 20.5. The fourth-order valence-electron chi connectivity index (χ4n) is 0.983. The third-order valence-corrected chi connectivity index (χ3v) is 1.49. The van der Waals surface area contributed by atoms with Crippen molar-refractivity contribution in [3.63, 3.8) is 0 Å². The number of rotatable bonds is 5. The van der Waals surface area contributed by atoms with Gasteiger partial charge < -0.3 is 9.90 Å². The summed E-state index contributed by atoms with van der Waals surface area (Å²) in [6, 6.07) is 0. The zero-order valence-corrected chi connectivity index (χ0v) is 6.91. The van der Waals surface area contributed by atoms with Crippen LogP contribution in [0.25, 0.3) is 0 Å². The molecule has 0 aliphatic rings. The molecule has 0 spiro atoms. The first-order valence-electron chi connectivity index (χ1n) is 3.74. The van der Waals surface area contributed by atoms with Gasteiger partial charge in [0.05, 0.1) is 5.92 Å². The van der Waals surface area contributed by atoms with Crippen molar-refractivity contribution in [2.45, 2.75) is 26.7 Å². The molecule has 0 bridgehead atoms. The van der Waals surface area contributed by atoms with Crippen molar-refractivity contribution < 1.29 is 14.7 Å². The van der Waals surface area contributed by atoms with Crippen molar-refractivity contribution in [3.8, 4) is 0 Å². The van der Waals surface area contributed by atoms with Gasteiger partial charge in [-0.2, -0.15) is 0 Å². The Balaban J connectivity index is 3.88. The molecule has 0 aromatic carbocycles. The molecule has 0 aromatic rings. The second kappa shape index (κ2) is 4.88. The molecule has 0 aromatic heterocycles. The zero-order chi connectivity index (χ0) is 8.85. The van der Waals surface area contributed by atoms with E-state index in [1.807, 2.05) is 13.8 Å². The van der Waals surface area contributed by atoms with Gasteiger partial charge in [0.25, 0.3) is 0 Å². The summed E-state index contributed by atoms with van der Waals surface area (Å²) < 4.78 is 0. The standard InChI is InChI=1S/C8H14O3/c1-6(2)5-7(3-4-9)8(10)11/h4,6-7H,3,5H2,1-2H3,(H,10,11). The summed E-state index contributed by atoms with van der Waals surface area (Å²) in [7, 11) is 0. The second-order valence-corrected chi connectivity index (χ2v) is 3.07. The molecule has 0 aliphatic carbocycles. The van der Waals surface area contributed by atoms with Crippen LogP contribution in [0, 0.1) is 11.8 Å². The molecule has 0 amide bonds.